The third-order valence-electron chi connectivity index (χ3n) is 5.35. The zero-order valence-corrected chi connectivity index (χ0v) is 16.9. The first-order valence-electron chi connectivity index (χ1n) is 10.2. The Hall–Kier alpha value is -3.18. The van der Waals surface area contributed by atoms with E-state index in [1.807, 2.05) is 43.3 Å². The monoisotopic (exact) mass is 404 g/mol. The summed E-state index contributed by atoms with van der Waals surface area (Å²) in [6, 6.07) is 23.9. The number of amides is 1. The standard InChI is InChI=1S/C25H25FN2O2/c1-2-22-24(25(29)27-21-15-20(26)13-14-23(21)30-22)28(16-18-9-5-3-6-10-18)17-19-11-7-4-8-12-19/h3-15,22,24H,2,16-17H2,1H3,(H,27,29)/t22-,24+/m1/s1. The van der Waals surface area contributed by atoms with Crippen molar-refractivity contribution in [2.24, 2.45) is 0 Å². The maximum Gasteiger partial charge on any atom is 0.245 e. The normalized spacial score (nSPS) is 18.3. The minimum Gasteiger partial charge on any atom is -0.486 e. The number of ether oxygens (including phenoxy) is 1. The van der Waals surface area contributed by atoms with E-state index in [0.29, 0.717) is 30.9 Å². The molecule has 1 heterocycles. The van der Waals surface area contributed by atoms with Gasteiger partial charge in [-0.2, -0.15) is 0 Å². The highest BCUT2D eigenvalue weighted by atomic mass is 19.1. The van der Waals surface area contributed by atoms with Gasteiger partial charge in [-0.05, 0) is 29.7 Å². The van der Waals surface area contributed by atoms with E-state index in [4.69, 9.17) is 4.74 Å². The molecule has 0 spiro atoms. The van der Waals surface area contributed by atoms with Crippen molar-refractivity contribution in [1.82, 2.24) is 4.90 Å². The van der Waals surface area contributed by atoms with Crippen LogP contribution in [0.25, 0.3) is 0 Å². The van der Waals surface area contributed by atoms with E-state index in [2.05, 4.69) is 34.5 Å². The zero-order chi connectivity index (χ0) is 20.9. The molecule has 0 fully saturated rings. The van der Waals surface area contributed by atoms with Crippen molar-refractivity contribution in [2.75, 3.05) is 5.32 Å². The molecule has 1 aliphatic heterocycles. The summed E-state index contributed by atoms with van der Waals surface area (Å²) in [5.41, 5.74) is 2.60. The summed E-state index contributed by atoms with van der Waals surface area (Å²) >= 11 is 0. The lowest BCUT2D eigenvalue weighted by atomic mass is 10.0. The summed E-state index contributed by atoms with van der Waals surface area (Å²) in [6.45, 7) is 3.19. The van der Waals surface area contributed by atoms with Crippen LogP contribution in [0.2, 0.25) is 0 Å². The molecule has 3 aromatic rings. The zero-order valence-electron chi connectivity index (χ0n) is 16.9. The number of nitrogens with zero attached hydrogens (tertiary/aromatic N) is 1. The van der Waals surface area contributed by atoms with Gasteiger partial charge in [-0.25, -0.2) is 4.39 Å². The van der Waals surface area contributed by atoms with Gasteiger partial charge in [-0.3, -0.25) is 9.69 Å². The summed E-state index contributed by atoms with van der Waals surface area (Å²) in [4.78, 5) is 15.5. The van der Waals surface area contributed by atoms with E-state index in [0.717, 1.165) is 11.1 Å². The summed E-state index contributed by atoms with van der Waals surface area (Å²) in [5.74, 6) is -0.0916. The highest BCUT2D eigenvalue weighted by molar-refractivity contribution is 5.97. The number of carbonyl (C=O) groups excluding carboxylic acids is 1. The minimum atomic E-state index is -0.522. The lowest BCUT2D eigenvalue weighted by Gasteiger charge is -2.34. The van der Waals surface area contributed by atoms with Crippen molar-refractivity contribution in [2.45, 2.75) is 38.6 Å². The second-order valence-corrected chi connectivity index (χ2v) is 7.52. The van der Waals surface area contributed by atoms with Gasteiger partial charge in [0.2, 0.25) is 5.91 Å². The number of benzene rings is 3. The number of halogens is 1. The van der Waals surface area contributed by atoms with Crippen LogP contribution in [0.3, 0.4) is 0 Å². The first kappa shape index (κ1) is 20.1. The average Bonchev–Trinajstić information content (AvgIpc) is 2.89. The number of hydrogen-bond donors (Lipinski definition) is 1. The van der Waals surface area contributed by atoms with Crippen LogP contribution in [0, 0.1) is 5.82 Å². The molecule has 1 N–H and O–H groups in total. The quantitative estimate of drug-likeness (QED) is 0.628. The molecule has 5 heteroatoms. The van der Waals surface area contributed by atoms with Gasteiger partial charge in [0.25, 0.3) is 0 Å². The van der Waals surface area contributed by atoms with E-state index in [-0.39, 0.29) is 12.0 Å². The molecule has 0 aliphatic carbocycles. The Balaban J connectivity index is 1.69. The maximum atomic E-state index is 13.7. The number of nitrogens with one attached hydrogen (secondary N) is 1. The number of anilines is 1. The van der Waals surface area contributed by atoms with E-state index < -0.39 is 11.9 Å². The largest absolute Gasteiger partial charge is 0.486 e. The summed E-state index contributed by atoms with van der Waals surface area (Å²) in [7, 11) is 0. The van der Waals surface area contributed by atoms with Gasteiger partial charge in [0.05, 0.1) is 5.69 Å². The van der Waals surface area contributed by atoms with Crippen LogP contribution in [0.5, 0.6) is 5.75 Å². The Morgan fingerprint density at radius 3 is 2.10 bits per heavy atom. The number of rotatable bonds is 6. The molecule has 2 atom stereocenters. The fraction of sp³-hybridized carbons (Fsp3) is 0.240. The van der Waals surface area contributed by atoms with Gasteiger partial charge in [-0.1, -0.05) is 67.6 Å². The highest BCUT2D eigenvalue weighted by Crippen LogP contribution is 2.32. The minimum absolute atomic E-state index is 0.182. The molecule has 1 aliphatic rings. The van der Waals surface area contributed by atoms with Gasteiger partial charge >= 0.3 is 0 Å². The van der Waals surface area contributed by atoms with Crippen molar-refractivity contribution in [3.8, 4) is 5.75 Å². The van der Waals surface area contributed by atoms with Gasteiger partial charge in [0.15, 0.2) is 0 Å². The number of carbonyl (C=O) groups is 1. The third kappa shape index (κ3) is 4.52. The molecular formula is C25H25FN2O2. The van der Waals surface area contributed by atoms with Crippen LogP contribution in [0.4, 0.5) is 10.1 Å². The first-order chi connectivity index (χ1) is 14.6. The Morgan fingerprint density at radius 1 is 0.933 bits per heavy atom. The van der Waals surface area contributed by atoms with Crippen molar-refractivity contribution < 1.29 is 13.9 Å². The highest BCUT2D eigenvalue weighted by Gasteiger charge is 2.37. The molecule has 0 unspecified atom stereocenters. The van der Waals surface area contributed by atoms with Crippen LogP contribution in [-0.2, 0) is 17.9 Å². The third-order valence-corrected chi connectivity index (χ3v) is 5.35. The molecule has 30 heavy (non-hydrogen) atoms. The molecule has 4 nitrogen and oxygen atoms in total. The van der Waals surface area contributed by atoms with E-state index in [1.54, 1.807) is 6.07 Å². The average molecular weight is 404 g/mol. The van der Waals surface area contributed by atoms with Crippen LogP contribution in [0.1, 0.15) is 24.5 Å². The molecule has 0 saturated heterocycles. The second-order valence-electron chi connectivity index (χ2n) is 7.52. The van der Waals surface area contributed by atoms with Crippen LogP contribution in [-0.4, -0.2) is 23.0 Å². The first-order valence-corrected chi connectivity index (χ1v) is 10.2. The molecule has 1 amide bonds. The molecule has 0 radical (unpaired) electrons. The molecule has 0 saturated carbocycles. The van der Waals surface area contributed by atoms with Crippen LogP contribution < -0.4 is 10.1 Å². The fourth-order valence-electron chi connectivity index (χ4n) is 3.90. The van der Waals surface area contributed by atoms with E-state index in [1.165, 1.54) is 12.1 Å². The lowest BCUT2D eigenvalue weighted by molar-refractivity contribution is -0.125. The Morgan fingerprint density at radius 2 is 1.53 bits per heavy atom. The molecule has 3 aromatic carbocycles. The molecule has 0 bridgehead atoms. The predicted molar refractivity (Wildman–Crippen MR) is 116 cm³/mol. The summed E-state index contributed by atoms with van der Waals surface area (Å²) in [6.07, 6.45) is 0.291. The van der Waals surface area contributed by atoms with Crippen molar-refractivity contribution in [3.63, 3.8) is 0 Å². The summed E-state index contributed by atoms with van der Waals surface area (Å²) < 4.78 is 20.0. The van der Waals surface area contributed by atoms with Gasteiger partial charge < -0.3 is 10.1 Å². The molecule has 4 rings (SSSR count). The molecular weight excluding hydrogens is 379 g/mol. The Bertz CT molecular complexity index is 953. The van der Waals surface area contributed by atoms with Crippen molar-refractivity contribution in [1.29, 1.82) is 0 Å². The smallest absolute Gasteiger partial charge is 0.245 e. The van der Waals surface area contributed by atoms with Gasteiger partial charge in [-0.15, -0.1) is 0 Å². The topological polar surface area (TPSA) is 41.6 Å². The van der Waals surface area contributed by atoms with E-state index in [9.17, 15) is 9.18 Å². The predicted octanol–water partition coefficient (Wildman–Crippen LogP) is 5.01. The number of hydrogen-bond acceptors (Lipinski definition) is 3. The Labute approximate surface area is 176 Å². The number of fused-ring (bicyclic) bond motifs is 1. The van der Waals surface area contributed by atoms with Crippen molar-refractivity contribution in [3.05, 3.63) is 95.8 Å². The molecule has 154 valence electrons. The fourth-order valence-corrected chi connectivity index (χ4v) is 3.90. The molecule has 0 aromatic heterocycles. The lowest BCUT2D eigenvalue weighted by Crippen LogP contribution is -2.51. The van der Waals surface area contributed by atoms with Crippen LogP contribution >= 0.6 is 0 Å². The second kappa shape index (κ2) is 9.09. The summed E-state index contributed by atoms with van der Waals surface area (Å²) in [5, 5.41) is 2.88. The maximum absolute atomic E-state index is 13.7. The van der Waals surface area contributed by atoms with Gasteiger partial charge in [0.1, 0.15) is 23.7 Å². The van der Waals surface area contributed by atoms with Gasteiger partial charge in [0, 0.05) is 19.2 Å². The Kier molecular flexibility index (Phi) is 6.10. The van der Waals surface area contributed by atoms with Crippen LogP contribution in [0.15, 0.2) is 78.9 Å². The van der Waals surface area contributed by atoms with E-state index >= 15 is 0 Å². The SMILES string of the molecule is CC[C@H]1Oc2ccc(F)cc2NC(=O)[C@H]1N(Cc1ccccc1)Cc1ccccc1. The van der Waals surface area contributed by atoms with Crippen molar-refractivity contribution >= 4 is 11.6 Å².